The maximum atomic E-state index is 11.9. The van der Waals surface area contributed by atoms with Gasteiger partial charge in [0.25, 0.3) is 5.91 Å². The third-order valence-corrected chi connectivity index (χ3v) is 4.49. The van der Waals surface area contributed by atoms with Crippen LogP contribution >= 0.6 is 0 Å². The quantitative estimate of drug-likeness (QED) is 0.662. The van der Waals surface area contributed by atoms with Gasteiger partial charge in [0.2, 0.25) is 0 Å². The van der Waals surface area contributed by atoms with Crippen molar-refractivity contribution in [2.75, 3.05) is 24.6 Å². The molecule has 1 amide bonds. The zero-order valence-electron chi connectivity index (χ0n) is 15.5. The van der Waals surface area contributed by atoms with Crippen LogP contribution in [0.1, 0.15) is 13.8 Å². The summed E-state index contributed by atoms with van der Waals surface area (Å²) < 4.78 is 43.5. The summed E-state index contributed by atoms with van der Waals surface area (Å²) >= 11 is 0. The summed E-state index contributed by atoms with van der Waals surface area (Å²) in [4.78, 5) is 22.7. The summed E-state index contributed by atoms with van der Waals surface area (Å²) in [5.74, 6) is -0.672. The van der Waals surface area contributed by atoms with E-state index < -0.39 is 12.1 Å². The molecule has 1 aromatic carbocycles. The lowest BCUT2D eigenvalue weighted by molar-refractivity contribution is -0.192. The molecular weight excluding hydrogens is 397 g/mol. The lowest BCUT2D eigenvalue weighted by Gasteiger charge is -2.41. The molecule has 0 aromatic heterocycles. The Morgan fingerprint density at radius 3 is 2.62 bits per heavy atom. The van der Waals surface area contributed by atoms with Gasteiger partial charge in [-0.2, -0.15) is 18.3 Å². The van der Waals surface area contributed by atoms with Crippen LogP contribution in [0.2, 0.25) is 0 Å². The van der Waals surface area contributed by atoms with Gasteiger partial charge in [-0.15, -0.1) is 0 Å². The molecule has 0 radical (unpaired) electrons. The number of nitrogens with one attached hydrogen (secondary N) is 2. The minimum atomic E-state index is -5.08. The van der Waals surface area contributed by atoms with E-state index in [2.05, 4.69) is 22.8 Å². The first-order chi connectivity index (χ1) is 13.5. The number of anilines is 1. The first-order valence-electron chi connectivity index (χ1n) is 8.62. The Labute approximate surface area is 163 Å². The van der Waals surface area contributed by atoms with E-state index in [0.29, 0.717) is 12.4 Å². The minimum absolute atomic E-state index is 0.127. The largest absolute Gasteiger partial charge is 0.490 e. The van der Waals surface area contributed by atoms with Crippen molar-refractivity contribution in [1.29, 1.82) is 0 Å². The molecule has 29 heavy (non-hydrogen) atoms. The van der Waals surface area contributed by atoms with Crippen LogP contribution in [-0.4, -0.2) is 60.3 Å². The van der Waals surface area contributed by atoms with E-state index in [0.717, 1.165) is 30.3 Å². The third kappa shape index (κ3) is 4.36. The number of nitrogens with zero attached hydrogens (tertiary/aromatic N) is 2. The van der Waals surface area contributed by atoms with E-state index >= 15 is 0 Å². The Morgan fingerprint density at radius 1 is 1.41 bits per heavy atom. The number of hydrogen-bond donors (Lipinski definition) is 3. The van der Waals surface area contributed by atoms with Crippen molar-refractivity contribution in [3.05, 3.63) is 18.2 Å². The number of benzene rings is 1. The van der Waals surface area contributed by atoms with Crippen LogP contribution in [0.5, 0.6) is 11.5 Å². The number of fused-ring (bicyclic) bond motifs is 3. The Balaban J connectivity index is 0.000000298. The third-order valence-electron chi connectivity index (χ3n) is 4.49. The lowest BCUT2D eigenvalue weighted by Crippen LogP contribution is -2.61. The maximum absolute atomic E-state index is 11.9. The van der Waals surface area contributed by atoms with E-state index in [1.165, 1.54) is 0 Å². The average molecular weight is 416 g/mol. The van der Waals surface area contributed by atoms with E-state index in [1.54, 1.807) is 0 Å². The van der Waals surface area contributed by atoms with Gasteiger partial charge in [0.15, 0.2) is 5.84 Å². The Morgan fingerprint density at radius 2 is 2.07 bits per heavy atom. The molecule has 4 rings (SSSR count). The Bertz CT molecular complexity index is 854. The summed E-state index contributed by atoms with van der Waals surface area (Å²) in [7, 11) is 0. The highest BCUT2D eigenvalue weighted by Gasteiger charge is 2.38. The predicted molar refractivity (Wildman–Crippen MR) is 95.0 cm³/mol. The summed E-state index contributed by atoms with van der Waals surface area (Å²) in [6.07, 6.45) is -5.08. The SMILES string of the molecule is CC1C(=O)NN=C2COc3ccc(OC4(C)CNC4)cc3N21.O=C(O)C(F)(F)F. The van der Waals surface area contributed by atoms with Gasteiger partial charge in [0.1, 0.15) is 29.7 Å². The molecule has 0 saturated carbocycles. The molecule has 158 valence electrons. The van der Waals surface area contributed by atoms with Crippen molar-refractivity contribution in [3.63, 3.8) is 0 Å². The van der Waals surface area contributed by atoms with Gasteiger partial charge in [-0.1, -0.05) is 0 Å². The highest BCUT2D eigenvalue weighted by molar-refractivity contribution is 6.09. The Kier molecular flexibility index (Phi) is 5.30. The number of carboxylic acids is 1. The number of ether oxygens (including phenoxy) is 2. The van der Waals surface area contributed by atoms with Crippen molar-refractivity contribution >= 4 is 23.4 Å². The fraction of sp³-hybridized carbons (Fsp3) is 0.471. The van der Waals surface area contributed by atoms with Crippen LogP contribution in [0.3, 0.4) is 0 Å². The van der Waals surface area contributed by atoms with E-state index in [9.17, 15) is 18.0 Å². The molecule has 3 aliphatic heterocycles. The molecule has 3 heterocycles. The molecule has 1 aromatic rings. The second-order valence-corrected chi connectivity index (χ2v) is 6.93. The monoisotopic (exact) mass is 416 g/mol. The highest BCUT2D eigenvalue weighted by Crippen LogP contribution is 2.38. The van der Waals surface area contributed by atoms with Crippen molar-refractivity contribution in [2.45, 2.75) is 31.7 Å². The van der Waals surface area contributed by atoms with Gasteiger partial charge in [0, 0.05) is 19.2 Å². The van der Waals surface area contributed by atoms with E-state index in [4.69, 9.17) is 19.4 Å². The molecule has 9 nitrogen and oxygen atoms in total. The van der Waals surface area contributed by atoms with Gasteiger partial charge >= 0.3 is 12.1 Å². The number of halogens is 3. The zero-order chi connectivity index (χ0) is 21.4. The first-order valence-corrected chi connectivity index (χ1v) is 8.62. The van der Waals surface area contributed by atoms with Gasteiger partial charge in [-0.05, 0) is 26.0 Å². The second kappa shape index (κ2) is 7.43. The topological polar surface area (TPSA) is 112 Å². The standard InChI is InChI=1S/C15H18N4O3.C2HF3O2/c1-9-14(20)18-17-13-6-21-12-4-3-10(5-11(12)19(9)13)22-15(2)7-16-8-15;3-2(4,5)1(6)7/h3-5,9,16H,6-8H2,1-2H3,(H,18,20);(H,6,7). The summed E-state index contributed by atoms with van der Waals surface area (Å²) in [6.45, 7) is 5.93. The van der Waals surface area contributed by atoms with Gasteiger partial charge in [0.05, 0.1) is 5.69 Å². The molecule has 3 aliphatic rings. The van der Waals surface area contributed by atoms with Crippen molar-refractivity contribution < 1.29 is 37.3 Å². The maximum Gasteiger partial charge on any atom is 0.490 e. The summed E-state index contributed by atoms with van der Waals surface area (Å²) in [5, 5.41) is 14.4. The van der Waals surface area contributed by atoms with Crippen molar-refractivity contribution in [1.82, 2.24) is 10.7 Å². The molecule has 0 spiro atoms. The van der Waals surface area contributed by atoms with E-state index in [1.807, 2.05) is 30.0 Å². The number of amidine groups is 1. The highest BCUT2D eigenvalue weighted by atomic mass is 19.4. The van der Waals surface area contributed by atoms with Gasteiger partial charge in [-0.25, -0.2) is 10.2 Å². The van der Waals surface area contributed by atoms with Crippen LogP contribution in [-0.2, 0) is 9.59 Å². The van der Waals surface area contributed by atoms with Crippen LogP contribution in [0, 0.1) is 0 Å². The molecule has 1 unspecified atom stereocenters. The van der Waals surface area contributed by atoms with Crippen LogP contribution in [0.25, 0.3) is 0 Å². The number of carboxylic acid groups (broad SMARTS) is 1. The lowest BCUT2D eigenvalue weighted by atomic mass is 10.00. The first kappa shape index (κ1) is 20.7. The van der Waals surface area contributed by atoms with Gasteiger partial charge in [-0.3, -0.25) is 4.79 Å². The molecular formula is C17H19F3N4O5. The summed E-state index contributed by atoms with van der Waals surface area (Å²) in [5.41, 5.74) is 3.17. The smallest absolute Gasteiger partial charge is 0.485 e. The second-order valence-electron chi connectivity index (χ2n) is 6.93. The zero-order valence-corrected chi connectivity index (χ0v) is 15.5. The Hall–Kier alpha value is -3.02. The molecule has 1 fully saturated rings. The molecule has 12 heteroatoms. The number of hydrogen-bond acceptors (Lipinski definition) is 7. The fourth-order valence-electron chi connectivity index (χ4n) is 2.90. The van der Waals surface area contributed by atoms with Gasteiger partial charge < -0.3 is 24.8 Å². The van der Waals surface area contributed by atoms with Crippen LogP contribution in [0.15, 0.2) is 23.3 Å². The molecule has 3 N–H and O–H groups in total. The molecule has 1 atom stereocenters. The number of amides is 1. The summed E-state index contributed by atoms with van der Waals surface area (Å²) in [6, 6.07) is 5.38. The number of carbonyl (C=O) groups is 2. The molecule has 0 aliphatic carbocycles. The van der Waals surface area contributed by atoms with E-state index in [-0.39, 0.29) is 17.6 Å². The average Bonchev–Trinajstić information content (AvgIpc) is 2.62. The van der Waals surface area contributed by atoms with Crippen molar-refractivity contribution in [3.8, 4) is 11.5 Å². The number of alkyl halides is 3. The minimum Gasteiger partial charge on any atom is -0.485 e. The molecule has 0 bridgehead atoms. The number of rotatable bonds is 2. The predicted octanol–water partition coefficient (Wildman–Crippen LogP) is 1.09. The number of carbonyl (C=O) groups excluding carboxylic acids is 1. The normalized spacial score (nSPS) is 21.7. The fourth-order valence-corrected chi connectivity index (χ4v) is 2.90. The van der Waals surface area contributed by atoms with Crippen molar-refractivity contribution in [2.24, 2.45) is 5.10 Å². The number of aliphatic carboxylic acids is 1. The van der Waals surface area contributed by atoms with Crippen LogP contribution in [0.4, 0.5) is 18.9 Å². The van der Waals surface area contributed by atoms with Crippen LogP contribution < -0.4 is 25.1 Å². The number of hydrazone groups is 1. The molecule has 1 saturated heterocycles.